The molecule has 2 nitrogen and oxygen atoms in total. The van der Waals surface area contributed by atoms with E-state index in [-0.39, 0.29) is 18.2 Å². The highest BCUT2D eigenvalue weighted by Crippen LogP contribution is 2.26. The fourth-order valence-corrected chi connectivity index (χ4v) is 3.60. The monoisotopic (exact) mass is 517 g/mol. The number of ether oxygens (including phenoxy) is 1. The Balaban J connectivity index is 0.00000300. The topological polar surface area (TPSA) is 21.3 Å². The molecule has 0 aliphatic heterocycles. The predicted octanol–water partition coefficient (Wildman–Crippen LogP) is 7.23. The van der Waals surface area contributed by atoms with Gasteiger partial charge in [-0.05, 0) is 61.0 Å². The van der Waals surface area contributed by atoms with E-state index < -0.39 is 0 Å². The molecule has 0 fully saturated rings. The third-order valence-corrected chi connectivity index (χ3v) is 5.32. The molecule has 0 saturated heterocycles. The van der Waals surface area contributed by atoms with Gasteiger partial charge >= 0.3 is 0 Å². The number of halogens is 5. The molecule has 0 bridgehead atoms. The van der Waals surface area contributed by atoms with Crippen LogP contribution in [0.1, 0.15) is 16.7 Å². The van der Waals surface area contributed by atoms with Gasteiger partial charge in [0.2, 0.25) is 0 Å². The van der Waals surface area contributed by atoms with Gasteiger partial charge in [0.15, 0.2) is 0 Å². The zero-order valence-electron chi connectivity index (χ0n) is 15.4. The van der Waals surface area contributed by atoms with Gasteiger partial charge < -0.3 is 10.1 Å². The molecule has 0 heterocycles. The van der Waals surface area contributed by atoms with Gasteiger partial charge in [-0.3, -0.25) is 0 Å². The number of hydrogen-bond donors (Lipinski definition) is 1. The van der Waals surface area contributed by atoms with E-state index in [1.54, 1.807) is 24.3 Å². The molecule has 0 aliphatic carbocycles. The Morgan fingerprint density at radius 2 is 1.69 bits per heavy atom. The quantitative estimate of drug-likeness (QED) is 0.317. The second kappa shape index (κ2) is 11.8. The molecule has 0 atom stereocenters. The number of benzene rings is 3. The largest absolute Gasteiger partial charge is 0.489 e. The second-order valence-corrected chi connectivity index (χ2v) is 8.09. The van der Waals surface area contributed by atoms with Gasteiger partial charge in [0, 0.05) is 32.2 Å². The highest BCUT2D eigenvalue weighted by Gasteiger charge is 2.08. The van der Waals surface area contributed by atoms with Crippen LogP contribution in [0.5, 0.6) is 5.75 Å². The molecular weight excluding hydrogens is 500 g/mol. The van der Waals surface area contributed by atoms with Gasteiger partial charge in [0.05, 0.1) is 0 Å². The molecule has 29 heavy (non-hydrogen) atoms. The molecule has 3 rings (SSSR count). The first-order valence-corrected chi connectivity index (χ1v) is 10.4. The summed E-state index contributed by atoms with van der Waals surface area (Å²) in [6.07, 6.45) is 0.824. The van der Waals surface area contributed by atoms with Crippen LogP contribution in [-0.2, 0) is 19.6 Å². The van der Waals surface area contributed by atoms with E-state index in [1.165, 1.54) is 12.1 Å². The fourth-order valence-electron chi connectivity index (χ4n) is 2.73. The first-order valence-electron chi connectivity index (χ1n) is 8.81. The molecule has 0 radical (unpaired) electrons. The predicted molar refractivity (Wildman–Crippen MR) is 124 cm³/mol. The standard InChI is InChI=1S/C22H19BrCl2FNO.ClH/c23-18-4-8-22(28-14-16-3-5-19(24)12-21(16)25)17(11-18)13-27-10-9-15-1-6-20(26)7-2-15;/h1-8,11-12,27H,9-10,13-14H2;1H. The summed E-state index contributed by atoms with van der Waals surface area (Å²) in [6, 6.07) is 17.9. The summed E-state index contributed by atoms with van der Waals surface area (Å²) < 4.78 is 20.0. The van der Waals surface area contributed by atoms with Crippen LogP contribution in [0.3, 0.4) is 0 Å². The van der Waals surface area contributed by atoms with Gasteiger partial charge in [-0.25, -0.2) is 4.39 Å². The third-order valence-electron chi connectivity index (χ3n) is 4.24. The Labute approximate surface area is 194 Å². The highest BCUT2D eigenvalue weighted by molar-refractivity contribution is 9.10. The summed E-state index contributed by atoms with van der Waals surface area (Å²) in [4.78, 5) is 0. The lowest BCUT2D eigenvalue weighted by atomic mass is 10.1. The lowest BCUT2D eigenvalue weighted by Gasteiger charge is -2.14. The first-order chi connectivity index (χ1) is 13.5. The molecule has 0 aromatic heterocycles. The minimum Gasteiger partial charge on any atom is -0.489 e. The lowest BCUT2D eigenvalue weighted by Crippen LogP contribution is -2.17. The van der Waals surface area contributed by atoms with Crippen LogP contribution in [0, 0.1) is 5.82 Å². The molecule has 3 aromatic carbocycles. The van der Waals surface area contributed by atoms with Gasteiger partial charge in [-0.15, -0.1) is 12.4 Å². The van der Waals surface area contributed by atoms with E-state index in [2.05, 4.69) is 21.2 Å². The van der Waals surface area contributed by atoms with Crippen molar-refractivity contribution in [3.05, 3.63) is 97.7 Å². The zero-order valence-corrected chi connectivity index (χ0v) is 19.3. The second-order valence-electron chi connectivity index (χ2n) is 6.33. The molecule has 0 amide bonds. The molecule has 0 saturated carbocycles. The van der Waals surface area contributed by atoms with Gasteiger partial charge in [0.1, 0.15) is 18.2 Å². The summed E-state index contributed by atoms with van der Waals surface area (Å²) >= 11 is 15.7. The molecule has 0 spiro atoms. The van der Waals surface area contributed by atoms with E-state index in [9.17, 15) is 4.39 Å². The van der Waals surface area contributed by atoms with Crippen molar-refractivity contribution in [2.24, 2.45) is 0 Å². The van der Waals surface area contributed by atoms with Crippen LogP contribution in [0.25, 0.3) is 0 Å². The summed E-state index contributed by atoms with van der Waals surface area (Å²) in [5.74, 6) is 0.580. The van der Waals surface area contributed by atoms with Crippen LogP contribution in [-0.4, -0.2) is 6.54 Å². The summed E-state index contributed by atoms with van der Waals surface area (Å²) in [5.41, 5.74) is 3.01. The minimum absolute atomic E-state index is 0. The Hall–Kier alpha value is -1.30. The van der Waals surface area contributed by atoms with Crippen molar-refractivity contribution in [2.75, 3.05) is 6.54 Å². The Kier molecular flexibility index (Phi) is 9.73. The number of nitrogens with one attached hydrogen (secondary N) is 1. The molecule has 154 valence electrons. The van der Waals surface area contributed by atoms with E-state index in [0.29, 0.717) is 23.2 Å². The average molecular weight is 520 g/mol. The number of hydrogen-bond acceptors (Lipinski definition) is 2. The number of rotatable bonds is 8. The molecule has 1 N–H and O–H groups in total. The lowest BCUT2D eigenvalue weighted by molar-refractivity contribution is 0.302. The van der Waals surface area contributed by atoms with Crippen molar-refractivity contribution in [3.63, 3.8) is 0 Å². The van der Waals surface area contributed by atoms with E-state index >= 15 is 0 Å². The summed E-state index contributed by atoms with van der Waals surface area (Å²) in [6.45, 7) is 1.80. The molecule has 0 aliphatic rings. The Bertz CT molecular complexity index is 938. The maximum Gasteiger partial charge on any atom is 0.124 e. The Morgan fingerprint density at radius 1 is 0.931 bits per heavy atom. The SMILES string of the molecule is Cl.Fc1ccc(CCNCc2cc(Br)ccc2OCc2ccc(Cl)cc2Cl)cc1. The van der Waals surface area contributed by atoms with Gasteiger partial charge in [0.25, 0.3) is 0 Å². The maximum absolute atomic E-state index is 13.0. The minimum atomic E-state index is -0.214. The smallest absolute Gasteiger partial charge is 0.124 e. The van der Waals surface area contributed by atoms with Crippen molar-refractivity contribution in [2.45, 2.75) is 19.6 Å². The maximum atomic E-state index is 13.0. The van der Waals surface area contributed by atoms with Crippen LogP contribution in [0.15, 0.2) is 65.1 Å². The highest BCUT2D eigenvalue weighted by atomic mass is 79.9. The third kappa shape index (κ3) is 7.47. The van der Waals surface area contributed by atoms with Crippen molar-refractivity contribution < 1.29 is 9.13 Å². The van der Waals surface area contributed by atoms with Crippen molar-refractivity contribution in [1.29, 1.82) is 0 Å². The summed E-state index contributed by atoms with van der Waals surface area (Å²) in [5, 5.41) is 4.60. The van der Waals surface area contributed by atoms with Gasteiger partial charge in [-0.1, -0.05) is 57.3 Å². The van der Waals surface area contributed by atoms with E-state index in [0.717, 1.165) is 39.9 Å². The average Bonchev–Trinajstić information content (AvgIpc) is 2.67. The normalized spacial score (nSPS) is 10.5. The fraction of sp³-hybridized carbons (Fsp3) is 0.182. The van der Waals surface area contributed by atoms with Crippen molar-refractivity contribution in [3.8, 4) is 5.75 Å². The first kappa shape index (κ1) is 24.0. The van der Waals surface area contributed by atoms with Crippen LogP contribution < -0.4 is 10.1 Å². The van der Waals surface area contributed by atoms with Crippen LogP contribution in [0.4, 0.5) is 4.39 Å². The van der Waals surface area contributed by atoms with Crippen molar-refractivity contribution in [1.82, 2.24) is 5.32 Å². The van der Waals surface area contributed by atoms with Crippen LogP contribution >= 0.6 is 51.5 Å². The van der Waals surface area contributed by atoms with Crippen LogP contribution in [0.2, 0.25) is 10.0 Å². The molecule has 0 unspecified atom stereocenters. The van der Waals surface area contributed by atoms with E-state index in [1.807, 2.05) is 24.3 Å². The van der Waals surface area contributed by atoms with Crippen molar-refractivity contribution >= 4 is 51.5 Å². The Morgan fingerprint density at radius 3 is 2.41 bits per heavy atom. The molecule has 7 heteroatoms. The summed E-state index contributed by atoms with van der Waals surface area (Å²) in [7, 11) is 0. The van der Waals surface area contributed by atoms with Gasteiger partial charge in [-0.2, -0.15) is 0 Å². The zero-order chi connectivity index (χ0) is 19.9. The van der Waals surface area contributed by atoms with E-state index in [4.69, 9.17) is 27.9 Å². The molecule has 3 aromatic rings. The molecular formula is C22H20BrCl3FNO.